The molecule has 0 saturated heterocycles. The fraction of sp³-hybridized carbons (Fsp3) is 0.375. The van der Waals surface area contributed by atoms with Crippen molar-refractivity contribution in [2.45, 2.75) is 26.3 Å². The Morgan fingerprint density at radius 1 is 1.38 bits per heavy atom. The van der Waals surface area contributed by atoms with Gasteiger partial charge in [0.15, 0.2) is 0 Å². The van der Waals surface area contributed by atoms with Gasteiger partial charge in [-0.25, -0.2) is 0 Å². The van der Waals surface area contributed by atoms with Gasteiger partial charge in [-0.1, -0.05) is 6.92 Å². The molecule has 0 spiro atoms. The van der Waals surface area contributed by atoms with E-state index in [1.807, 2.05) is 38.1 Å². The SMILES string of the molecule is CCC(C)NC(=O)c1cc(-c2ccc(OC)cc2)nn1C. The molecule has 0 saturated carbocycles. The highest BCUT2D eigenvalue weighted by molar-refractivity contribution is 5.93. The lowest BCUT2D eigenvalue weighted by Gasteiger charge is -2.10. The van der Waals surface area contributed by atoms with Crippen LogP contribution in [-0.4, -0.2) is 28.8 Å². The topological polar surface area (TPSA) is 56.1 Å². The van der Waals surface area contributed by atoms with E-state index in [0.717, 1.165) is 23.4 Å². The smallest absolute Gasteiger partial charge is 0.269 e. The summed E-state index contributed by atoms with van der Waals surface area (Å²) in [6.07, 6.45) is 0.898. The summed E-state index contributed by atoms with van der Waals surface area (Å²) in [7, 11) is 3.41. The molecule has 112 valence electrons. The van der Waals surface area contributed by atoms with E-state index in [0.29, 0.717) is 5.69 Å². The number of aryl methyl sites for hydroxylation is 1. The number of carbonyl (C=O) groups excluding carboxylic acids is 1. The molecule has 5 heteroatoms. The lowest BCUT2D eigenvalue weighted by atomic mass is 10.1. The number of nitrogens with zero attached hydrogens (tertiary/aromatic N) is 2. The zero-order chi connectivity index (χ0) is 15.4. The van der Waals surface area contributed by atoms with Crippen molar-refractivity contribution in [1.82, 2.24) is 15.1 Å². The number of hydrogen-bond donors (Lipinski definition) is 1. The lowest BCUT2D eigenvalue weighted by molar-refractivity contribution is 0.0930. The van der Waals surface area contributed by atoms with Gasteiger partial charge in [-0.3, -0.25) is 9.48 Å². The maximum atomic E-state index is 12.2. The van der Waals surface area contributed by atoms with E-state index in [1.54, 1.807) is 24.9 Å². The summed E-state index contributed by atoms with van der Waals surface area (Å²) in [4.78, 5) is 12.2. The summed E-state index contributed by atoms with van der Waals surface area (Å²) in [5.41, 5.74) is 2.28. The van der Waals surface area contributed by atoms with E-state index < -0.39 is 0 Å². The zero-order valence-electron chi connectivity index (χ0n) is 12.9. The quantitative estimate of drug-likeness (QED) is 0.919. The first-order chi connectivity index (χ1) is 10.0. The predicted molar refractivity (Wildman–Crippen MR) is 82.4 cm³/mol. The first-order valence-corrected chi connectivity index (χ1v) is 7.04. The van der Waals surface area contributed by atoms with Crippen LogP contribution in [0.4, 0.5) is 0 Å². The monoisotopic (exact) mass is 287 g/mol. The summed E-state index contributed by atoms with van der Waals surface area (Å²) in [6, 6.07) is 9.57. The molecule has 0 radical (unpaired) electrons. The van der Waals surface area contributed by atoms with E-state index in [9.17, 15) is 4.79 Å². The van der Waals surface area contributed by atoms with Crippen LogP contribution in [0.15, 0.2) is 30.3 Å². The predicted octanol–water partition coefficient (Wildman–Crippen LogP) is 2.62. The molecule has 2 aromatic rings. The number of aromatic nitrogens is 2. The van der Waals surface area contributed by atoms with Crippen molar-refractivity contribution in [3.63, 3.8) is 0 Å². The van der Waals surface area contributed by atoms with Crippen LogP contribution in [0.3, 0.4) is 0 Å². The number of methoxy groups -OCH3 is 1. The van der Waals surface area contributed by atoms with Crippen LogP contribution in [0.5, 0.6) is 5.75 Å². The van der Waals surface area contributed by atoms with Crippen LogP contribution < -0.4 is 10.1 Å². The highest BCUT2D eigenvalue weighted by atomic mass is 16.5. The maximum absolute atomic E-state index is 12.2. The maximum Gasteiger partial charge on any atom is 0.269 e. The van der Waals surface area contributed by atoms with E-state index in [-0.39, 0.29) is 11.9 Å². The fourth-order valence-electron chi connectivity index (χ4n) is 1.98. The van der Waals surface area contributed by atoms with Crippen LogP contribution in [0.25, 0.3) is 11.3 Å². The normalized spacial score (nSPS) is 12.0. The highest BCUT2D eigenvalue weighted by Gasteiger charge is 2.15. The Bertz CT molecular complexity index is 617. The molecule has 1 unspecified atom stereocenters. The van der Waals surface area contributed by atoms with Crippen molar-refractivity contribution in [1.29, 1.82) is 0 Å². The molecule has 1 atom stereocenters. The number of ether oxygens (including phenoxy) is 1. The van der Waals surface area contributed by atoms with Crippen LogP contribution in [0.2, 0.25) is 0 Å². The Hall–Kier alpha value is -2.30. The van der Waals surface area contributed by atoms with Crippen LogP contribution in [0, 0.1) is 0 Å². The van der Waals surface area contributed by atoms with Crippen molar-refractivity contribution < 1.29 is 9.53 Å². The number of rotatable bonds is 5. The van der Waals surface area contributed by atoms with E-state index in [4.69, 9.17) is 4.74 Å². The molecule has 0 aliphatic carbocycles. The molecule has 0 bridgehead atoms. The number of carbonyl (C=O) groups is 1. The second-order valence-corrected chi connectivity index (χ2v) is 5.05. The van der Waals surface area contributed by atoms with Gasteiger partial charge < -0.3 is 10.1 Å². The van der Waals surface area contributed by atoms with Gasteiger partial charge in [-0.15, -0.1) is 0 Å². The standard InChI is InChI=1S/C16H21N3O2/c1-5-11(2)17-16(20)15-10-14(18-19(15)3)12-6-8-13(21-4)9-7-12/h6-11H,5H2,1-4H3,(H,17,20). The van der Waals surface area contributed by atoms with Gasteiger partial charge in [0, 0.05) is 18.7 Å². The molecule has 21 heavy (non-hydrogen) atoms. The minimum atomic E-state index is -0.0980. The molecule has 1 heterocycles. The van der Waals surface area contributed by atoms with E-state index >= 15 is 0 Å². The first kappa shape index (κ1) is 15.1. The molecule has 0 aliphatic heterocycles. The zero-order valence-corrected chi connectivity index (χ0v) is 12.9. The van der Waals surface area contributed by atoms with Crippen molar-refractivity contribution in [2.75, 3.05) is 7.11 Å². The average molecular weight is 287 g/mol. The van der Waals surface area contributed by atoms with Crippen LogP contribution >= 0.6 is 0 Å². The van der Waals surface area contributed by atoms with Gasteiger partial charge >= 0.3 is 0 Å². The minimum absolute atomic E-state index is 0.0980. The highest BCUT2D eigenvalue weighted by Crippen LogP contribution is 2.22. The summed E-state index contributed by atoms with van der Waals surface area (Å²) in [5, 5.41) is 7.36. The molecular formula is C16H21N3O2. The number of hydrogen-bond acceptors (Lipinski definition) is 3. The van der Waals surface area contributed by atoms with Crippen molar-refractivity contribution in [3.05, 3.63) is 36.0 Å². The minimum Gasteiger partial charge on any atom is -0.497 e. The molecule has 1 amide bonds. The molecular weight excluding hydrogens is 266 g/mol. The van der Waals surface area contributed by atoms with Gasteiger partial charge in [-0.05, 0) is 43.7 Å². The van der Waals surface area contributed by atoms with Crippen LogP contribution in [0.1, 0.15) is 30.8 Å². The van der Waals surface area contributed by atoms with Crippen molar-refractivity contribution in [2.24, 2.45) is 7.05 Å². The Balaban J connectivity index is 2.23. The van der Waals surface area contributed by atoms with Crippen molar-refractivity contribution in [3.8, 4) is 17.0 Å². The number of benzene rings is 1. The molecule has 0 fully saturated rings. The van der Waals surface area contributed by atoms with Crippen molar-refractivity contribution >= 4 is 5.91 Å². The molecule has 0 aliphatic rings. The molecule has 2 rings (SSSR count). The number of amides is 1. The molecule has 1 N–H and O–H groups in total. The van der Waals surface area contributed by atoms with Gasteiger partial charge in [0.25, 0.3) is 5.91 Å². The fourth-order valence-corrected chi connectivity index (χ4v) is 1.98. The Morgan fingerprint density at radius 3 is 2.62 bits per heavy atom. The third kappa shape index (κ3) is 3.42. The molecule has 1 aromatic carbocycles. The van der Waals surface area contributed by atoms with Gasteiger partial charge in [-0.2, -0.15) is 5.10 Å². The Labute approximate surface area is 124 Å². The Morgan fingerprint density at radius 2 is 2.05 bits per heavy atom. The largest absolute Gasteiger partial charge is 0.497 e. The second kappa shape index (κ2) is 6.43. The Kier molecular flexibility index (Phi) is 4.62. The van der Waals surface area contributed by atoms with Crippen LogP contribution in [-0.2, 0) is 7.05 Å². The number of nitrogens with one attached hydrogen (secondary N) is 1. The molecule has 5 nitrogen and oxygen atoms in total. The third-order valence-electron chi connectivity index (χ3n) is 3.49. The van der Waals surface area contributed by atoms with Gasteiger partial charge in [0.05, 0.1) is 12.8 Å². The summed E-state index contributed by atoms with van der Waals surface area (Å²) in [5.74, 6) is 0.698. The molecule has 1 aromatic heterocycles. The average Bonchev–Trinajstić information content (AvgIpc) is 2.89. The van der Waals surface area contributed by atoms with Gasteiger partial charge in [0.1, 0.15) is 11.4 Å². The van der Waals surface area contributed by atoms with Gasteiger partial charge in [0.2, 0.25) is 0 Å². The summed E-state index contributed by atoms with van der Waals surface area (Å²) >= 11 is 0. The lowest BCUT2D eigenvalue weighted by Crippen LogP contribution is -2.33. The second-order valence-electron chi connectivity index (χ2n) is 5.05. The van der Waals surface area contributed by atoms with E-state index in [1.165, 1.54) is 0 Å². The summed E-state index contributed by atoms with van der Waals surface area (Å²) < 4.78 is 6.75. The van der Waals surface area contributed by atoms with E-state index in [2.05, 4.69) is 10.4 Å². The summed E-state index contributed by atoms with van der Waals surface area (Å²) in [6.45, 7) is 4.02. The third-order valence-corrected chi connectivity index (χ3v) is 3.49. The first-order valence-electron chi connectivity index (χ1n) is 7.04.